The van der Waals surface area contributed by atoms with Gasteiger partial charge in [0.2, 0.25) is 5.91 Å². The molecule has 4 heteroatoms. The van der Waals surface area contributed by atoms with E-state index in [9.17, 15) is 4.79 Å². The lowest BCUT2D eigenvalue weighted by atomic mass is 10.0. The molecule has 0 fully saturated rings. The summed E-state index contributed by atoms with van der Waals surface area (Å²) in [5.41, 5.74) is 13.9. The number of rotatable bonds is 1. The second-order valence-electron chi connectivity index (χ2n) is 3.54. The zero-order valence-corrected chi connectivity index (χ0v) is 9.17. The van der Waals surface area contributed by atoms with Crippen LogP contribution in [0.25, 0.3) is 0 Å². The molecule has 0 aliphatic heterocycles. The molecule has 1 amide bonds. The van der Waals surface area contributed by atoms with Gasteiger partial charge in [0.05, 0.1) is 5.56 Å². The first-order valence-electron chi connectivity index (χ1n) is 4.47. The second kappa shape index (κ2) is 3.37. The molecule has 1 aliphatic rings. The lowest BCUT2D eigenvalue weighted by Gasteiger charge is -2.07. The second-order valence-corrected chi connectivity index (χ2v) is 4.39. The monoisotopic (exact) mass is 254 g/mol. The van der Waals surface area contributed by atoms with E-state index < -0.39 is 5.91 Å². The number of benzene rings is 1. The van der Waals surface area contributed by atoms with Crippen LogP contribution in [0.2, 0.25) is 0 Å². The number of hydrogen-bond acceptors (Lipinski definition) is 2. The van der Waals surface area contributed by atoms with Crippen LogP contribution in [0.3, 0.4) is 0 Å². The van der Waals surface area contributed by atoms with Crippen LogP contribution in [0.15, 0.2) is 16.6 Å². The van der Waals surface area contributed by atoms with E-state index in [1.165, 1.54) is 5.56 Å². The van der Waals surface area contributed by atoms with E-state index in [-0.39, 0.29) is 6.04 Å². The normalized spacial score (nSPS) is 19.4. The Morgan fingerprint density at radius 1 is 1.50 bits per heavy atom. The minimum absolute atomic E-state index is 0.0520. The van der Waals surface area contributed by atoms with Crippen molar-refractivity contribution in [3.63, 3.8) is 0 Å². The molecular formula is C10H11BrN2O. The number of hydrogen-bond donors (Lipinski definition) is 2. The topological polar surface area (TPSA) is 69.1 Å². The Morgan fingerprint density at radius 2 is 2.21 bits per heavy atom. The lowest BCUT2D eigenvalue weighted by molar-refractivity contribution is 0.0999. The number of aryl methyl sites for hydroxylation is 1. The predicted molar refractivity (Wildman–Crippen MR) is 57.9 cm³/mol. The summed E-state index contributed by atoms with van der Waals surface area (Å²) >= 11 is 3.33. The van der Waals surface area contributed by atoms with Crippen LogP contribution in [-0.4, -0.2) is 5.91 Å². The summed E-state index contributed by atoms with van der Waals surface area (Å²) in [5, 5.41) is 0. The fourth-order valence-electron chi connectivity index (χ4n) is 1.85. The molecule has 2 rings (SSSR count). The third-order valence-corrected chi connectivity index (χ3v) is 3.27. The minimum atomic E-state index is -0.418. The number of primary amides is 1. The van der Waals surface area contributed by atoms with E-state index >= 15 is 0 Å². The average molecular weight is 255 g/mol. The van der Waals surface area contributed by atoms with Gasteiger partial charge in [-0.3, -0.25) is 4.79 Å². The maximum absolute atomic E-state index is 11.1. The first-order chi connectivity index (χ1) is 6.59. The molecule has 0 heterocycles. The van der Waals surface area contributed by atoms with Crippen LogP contribution < -0.4 is 11.5 Å². The fraction of sp³-hybridized carbons (Fsp3) is 0.300. The Kier molecular flexibility index (Phi) is 2.33. The number of carbonyl (C=O) groups excluding carboxylic acids is 1. The van der Waals surface area contributed by atoms with Crippen molar-refractivity contribution in [3.8, 4) is 0 Å². The molecule has 0 spiro atoms. The van der Waals surface area contributed by atoms with Gasteiger partial charge in [-0.1, -0.05) is 0 Å². The van der Waals surface area contributed by atoms with Gasteiger partial charge in [-0.05, 0) is 52.0 Å². The summed E-state index contributed by atoms with van der Waals surface area (Å²) in [4.78, 5) is 11.1. The third kappa shape index (κ3) is 1.44. The number of fused-ring (bicyclic) bond motifs is 1. The van der Waals surface area contributed by atoms with Crippen LogP contribution in [0.1, 0.15) is 33.9 Å². The zero-order valence-electron chi connectivity index (χ0n) is 7.59. The van der Waals surface area contributed by atoms with Gasteiger partial charge >= 0.3 is 0 Å². The maximum Gasteiger partial charge on any atom is 0.249 e. The highest BCUT2D eigenvalue weighted by atomic mass is 79.9. The molecule has 1 aromatic rings. The Morgan fingerprint density at radius 3 is 2.86 bits per heavy atom. The summed E-state index contributed by atoms with van der Waals surface area (Å²) in [7, 11) is 0. The average Bonchev–Trinajstić information content (AvgIpc) is 2.46. The van der Waals surface area contributed by atoms with Crippen LogP contribution in [0.5, 0.6) is 0 Å². The number of amides is 1. The number of carbonyl (C=O) groups is 1. The standard InChI is InChI=1S/C10H11BrN2O/c11-8-3-5-1-2-9(12)6(5)4-7(8)10(13)14/h3-4,9H,1-2,12H2,(H2,13,14)/t9-/m1/s1. The van der Waals surface area contributed by atoms with Crippen molar-refractivity contribution in [2.75, 3.05) is 0 Å². The Bertz CT molecular complexity index is 403. The molecule has 3 nitrogen and oxygen atoms in total. The highest BCUT2D eigenvalue weighted by molar-refractivity contribution is 9.10. The first-order valence-corrected chi connectivity index (χ1v) is 5.26. The number of nitrogens with two attached hydrogens (primary N) is 2. The van der Waals surface area contributed by atoms with E-state index in [0.717, 1.165) is 22.9 Å². The maximum atomic E-state index is 11.1. The van der Waals surface area contributed by atoms with Crippen molar-refractivity contribution < 1.29 is 4.79 Å². The van der Waals surface area contributed by atoms with Gasteiger partial charge < -0.3 is 11.5 Å². The van der Waals surface area contributed by atoms with Crippen LogP contribution in [-0.2, 0) is 6.42 Å². The van der Waals surface area contributed by atoms with E-state index in [0.29, 0.717) is 5.56 Å². The minimum Gasteiger partial charge on any atom is -0.366 e. The molecule has 14 heavy (non-hydrogen) atoms. The van der Waals surface area contributed by atoms with Gasteiger partial charge in [0, 0.05) is 10.5 Å². The Hall–Kier alpha value is -0.870. The van der Waals surface area contributed by atoms with Crippen molar-refractivity contribution in [1.29, 1.82) is 0 Å². The SMILES string of the molecule is NC(=O)c1cc2c(cc1Br)CC[C@H]2N. The molecule has 4 N–H and O–H groups in total. The molecule has 74 valence electrons. The van der Waals surface area contributed by atoms with E-state index in [1.54, 1.807) is 6.07 Å². The summed E-state index contributed by atoms with van der Waals surface area (Å²) in [6.07, 6.45) is 1.93. The largest absolute Gasteiger partial charge is 0.366 e. The molecule has 1 atom stereocenters. The predicted octanol–water partition coefficient (Wildman–Crippen LogP) is 1.49. The van der Waals surface area contributed by atoms with Gasteiger partial charge in [-0.2, -0.15) is 0 Å². The molecule has 1 aromatic carbocycles. The van der Waals surface area contributed by atoms with Crippen molar-refractivity contribution in [2.24, 2.45) is 11.5 Å². The van der Waals surface area contributed by atoms with Crippen LogP contribution in [0, 0.1) is 0 Å². The molecule has 0 saturated heterocycles. The summed E-state index contributed by atoms with van der Waals surface area (Å²) in [6.45, 7) is 0. The summed E-state index contributed by atoms with van der Waals surface area (Å²) < 4.78 is 0.762. The van der Waals surface area contributed by atoms with Gasteiger partial charge in [0.15, 0.2) is 0 Å². The molecule has 0 aromatic heterocycles. The van der Waals surface area contributed by atoms with Crippen LogP contribution in [0.4, 0.5) is 0 Å². The summed E-state index contributed by atoms with van der Waals surface area (Å²) in [5.74, 6) is -0.418. The molecule has 0 bridgehead atoms. The molecule has 1 aliphatic carbocycles. The van der Waals surface area contributed by atoms with Gasteiger partial charge in [0.25, 0.3) is 0 Å². The molecule has 0 unspecified atom stereocenters. The first kappa shape index (κ1) is 9.68. The van der Waals surface area contributed by atoms with Crippen molar-refractivity contribution in [3.05, 3.63) is 33.3 Å². The fourth-order valence-corrected chi connectivity index (χ4v) is 2.43. The highest BCUT2D eigenvalue weighted by Gasteiger charge is 2.21. The number of halogens is 1. The van der Waals surface area contributed by atoms with E-state index in [2.05, 4.69) is 15.9 Å². The van der Waals surface area contributed by atoms with Crippen molar-refractivity contribution >= 4 is 21.8 Å². The van der Waals surface area contributed by atoms with Crippen molar-refractivity contribution in [2.45, 2.75) is 18.9 Å². The van der Waals surface area contributed by atoms with Gasteiger partial charge in [-0.15, -0.1) is 0 Å². The quantitative estimate of drug-likeness (QED) is 0.798. The third-order valence-electron chi connectivity index (χ3n) is 2.62. The van der Waals surface area contributed by atoms with Gasteiger partial charge in [-0.25, -0.2) is 0 Å². The van der Waals surface area contributed by atoms with E-state index in [4.69, 9.17) is 11.5 Å². The van der Waals surface area contributed by atoms with Gasteiger partial charge in [0.1, 0.15) is 0 Å². The smallest absolute Gasteiger partial charge is 0.249 e. The van der Waals surface area contributed by atoms with Crippen LogP contribution >= 0.6 is 15.9 Å². The highest BCUT2D eigenvalue weighted by Crippen LogP contribution is 2.33. The lowest BCUT2D eigenvalue weighted by Crippen LogP contribution is -2.13. The Labute approximate surface area is 90.6 Å². The zero-order chi connectivity index (χ0) is 10.3. The van der Waals surface area contributed by atoms with E-state index in [1.807, 2.05) is 6.07 Å². The molecular weight excluding hydrogens is 244 g/mol. The molecule has 0 radical (unpaired) electrons. The molecule has 0 saturated carbocycles. The summed E-state index contributed by atoms with van der Waals surface area (Å²) in [6, 6.07) is 3.80. The van der Waals surface area contributed by atoms with Crippen molar-refractivity contribution in [1.82, 2.24) is 0 Å². The Balaban J connectivity index is 2.57.